The zero-order valence-corrected chi connectivity index (χ0v) is 10.2. The molecule has 0 unspecified atom stereocenters. The Morgan fingerprint density at radius 1 is 1.28 bits per heavy atom. The fraction of sp³-hybridized carbons (Fsp3) is 0.400. The van der Waals surface area contributed by atoms with Crippen LogP contribution in [0.25, 0.3) is 0 Å². The number of non-ortho nitro benzene ring substituents is 1. The number of benzene rings is 1. The molecule has 0 bridgehead atoms. The molecule has 1 fully saturated rings. The van der Waals surface area contributed by atoms with Crippen molar-refractivity contribution in [1.82, 2.24) is 0 Å². The number of rotatable bonds is 2. The van der Waals surface area contributed by atoms with Crippen molar-refractivity contribution in [3.8, 4) is 0 Å². The SMILES string of the molecule is O=[N+]([O-])c1ccc(F)c(N2CCS(=O)(=O)CC2)c1. The van der Waals surface area contributed by atoms with E-state index in [1.807, 2.05) is 0 Å². The molecular weight excluding hydrogens is 263 g/mol. The average molecular weight is 274 g/mol. The van der Waals surface area contributed by atoms with E-state index in [0.29, 0.717) is 0 Å². The molecule has 1 aromatic rings. The molecule has 8 heteroatoms. The Labute approximate surface area is 103 Å². The Kier molecular flexibility index (Phi) is 3.20. The van der Waals surface area contributed by atoms with Crippen molar-refractivity contribution in [3.63, 3.8) is 0 Å². The van der Waals surface area contributed by atoms with Gasteiger partial charge >= 0.3 is 0 Å². The lowest BCUT2D eigenvalue weighted by atomic mass is 10.2. The summed E-state index contributed by atoms with van der Waals surface area (Å²) < 4.78 is 36.1. The molecule has 0 atom stereocenters. The van der Waals surface area contributed by atoms with Gasteiger partial charge in [-0.2, -0.15) is 0 Å². The maximum atomic E-state index is 13.6. The van der Waals surface area contributed by atoms with Gasteiger partial charge in [0.05, 0.1) is 22.1 Å². The predicted molar refractivity (Wildman–Crippen MR) is 63.9 cm³/mol. The van der Waals surface area contributed by atoms with E-state index in [1.165, 1.54) is 4.90 Å². The fourth-order valence-corrected chi connectivity index (χ4v) is 3.01. The second kappa shape index (κ2) is 4.52. The van der Waals surface area contributed by atoms with Crippen LogP contribution < -0.4 is 4.90 Å². The highest BCUT2D eigenvalue weighted by Gasteiger charge is 2.24. The number of hydrogen-bond donors (Lipinski definition) is 0. The number of nitro groups is 1. The molecule has 1 aromatic carbocycles. The highest BCUT2D eigenvalue weighted by Crippen LogP contribution is 2.26. The van der Waals surface area contributed by atoms with E-state index in [4.69, 9.17) is 0 Å². The average Bonchev–Trinajstić information content (AvgIpc) is 2.30. The van der Waals surface area contributed by atoms with Gasteiger partial charge in [-0.1, -0.05) is 0 Å². The molecule has 1 saturated heterocycles. The van der Waals surface area contributed by atoms with Crippen molar-refractivity contribution >= 4 is 21.2 Å². The van der Waals surface area contributed by atoms with Crippen molar-refractivity contribution in [3.05, 3.63) is 34.1 Å². The summed E-state index contributed by atoms with van der Waals surface area (Å²) in [4.78, 5) is 11.5. The van der Waals surface area contributed by atoms with Gasteiger partial charge in [-0.25, -0.2) is 12.8 Å². The second-order valence-corrected chi connectivity index (χ2v) is 6.34. The van der Waals surface area contributed by atoms with Crippen LogP contribution in [0.15, 0.2) is 18.2 Å². The molecule has 98 valence electrons. The molecule has 18 heavy (non-hydrogen) atoms. The van der Waals surface area contributed by atoms with Crippen LogP contribution in [-0.2, 0) is 9.84 Å². The zero-order valence-electron chi connectivity index (χ0n) is 9.37. The first-order valence-electron chi connectivity index (χ1n) is 5.28. The van der Waals surface area contributed by atoms with Crippen molar-refractivity contribution in [2.45, 2.75) is 0 Å². The lowest BCUT2D eigenvalue weighted by Crippen LogP contribution is -2.40. The van der Waals surface area contributed by atoms with Gasteiger partial charge in [0.25, 0.3) is 5.69 Å². The summed E-state index contributed by atoms with van der Waals surface area (Å²) >= 11 is 0. The summed E-state index contributed by atoms with van der Waals surface area (Å²) in [5.74, 6) is -0.704. The molecule has 1 aliphatic heterocycles. The summed E-state index contributed by atoms with van der Waals surface area (Å²) in [5.41, 5.74) is -0.126. The van der Waals surface area contributed by atoms with Gasteiger partial charge in [0.1, 0.15) is 5.82 Å². The van der Waals surface area contributed by atoms with Gasteiger partial charge in [-0.15, -0.1) is 0 Å². The summed E-state index contributed by atoms with van der Waals surface area (Å²) in [7, 11) is -3.06. The molecule has 1 heterocycles. The Morgan fingerprint density at radius 2 is 1.89 bits per heavy atom. The minimum atomic E-state index is -3.06. The van der Waals surface area contributed by atoms with E-state index in [2.05, 4.69) is 0 Å². The van der Waals surface area contributed by atoms with Gasteiger partial charge in [0, 0.05) is 25.2 Å². The van der Waals surface area contributed by atoms with Crippen LogP contribution in [0.4, 0.5) is 15.8 Å². The molecule has 6 nitrogen and oxygen atoms in total. The normalized spacial score (nSPS) is 18.6. The summed E-state index contributed by atoms with van der Waals surface area (Å²) in [6.45, 7) is 0.306. The Bertz CT molecular complexity index is 574. The van der Waals surface area contributed by atoms with Gasteiger partial charge in [-0.05, 0) is 6.07 Å². The number of hydrogen-bond acceptors (Lipinski definition) is 5. The van der Waals surface area contributed by atoms with Gasteiger partial charge < -0.3 is 4.90 Å². The second-order valence-electron chi connectivity index (χ2n) is 4.03. The lowest BCUT2D eigenvalue weighted by Gasteiger charge is -2.28. The van der Waals surface area contributed by atoms with Crippen molar-refractivity contribution < 1.29 is 17.7 Å². The third kappa shape index (κ3) is 2.58. The summed E-state index contributed by atoms with van der Waals surface area (Å²) in [5, 5.41) is 10.6. The molecule has 1 aliphatic rings. The number of anilines is 1. The molecule has 0 saturated carbocycles. The van der Waals surface area contributed by atoms with Crippen molar-refractivity contribution in [2.75, 3.05) is 29.5 Å². The smallest absolute Gasteiger partial charge is 0.271 e. The molecule has 0 radical (unpaired) electrons. The highest BCUT2D eigenvalue weighted by atomic mass is 32.2. The predicted octanol–water partition coefficient (Wildman–Crippen LogP) is 0.969. The third-order valence-corrected chi connectivity index (χ3v) is 4.43. The Morgan fingerprint density at radius 3 is 2.44 bits per heavy atom. The molecule has 0 aliphatic carbocycles. The van der Waals surface area contributed by atoms with Crippen LogP contribution in [0.3, 0.4) is 0 Å². The molecule has 2 rings (SSSR count). The Hall–Kier alpha value is -1.70. The maximum absolute atomic E-state index is 13.6. The first-order valence-corrected chi connectivity index (χ1v) is 7.10. The van der Waals surface area contributed by atoms with Crippen molar-refractivity contribution in [1.29, 1.82) is 0 Å². The van der Waals surface area contributed by atoms with Crippen LogP contribution >= 0.6 is 0 Å². The molecule has 0 amide bonds. The van der Waals surface area contributed by atoms with Gasteiger partial charge in [0.15, 0.2) is 9.84 Å². The minimum absolute atomic E-state index is 0.0604. The number of nitro benzene ring substituents is 1. The van der Waals surface area contributed by atoms with Gasteiger partial charge in [-0.3, -0.25) is 10.1 Å². The third-order valence-electron chi connectivity index (χ3n) is 2.83. The first-order chi connectivity index (χ1) is 8.39. The lowest BCUT2D eigenvalue weighted by molar-refractivity contribution is -0.384. The zero-order chi connectivity index (χ0) is 13.3. The highest BCUT2D eigenvalue weighted by molar-refractivity contribution is 7.91. The monoisotopic (exact) mass is 274 g/mol. The number of halogens is 1. The Balaban J connectivity index is 2.28. The van der Waals surface area contributed by atoms with E-state index in [0.717, 1.165) is 18.2 Å². The fourth-order valence-electron chi connectivity index (χ4n) is 1.81. The van der Waals surface area contributed by atoms with Crippen LogP contribution in [0.1, 0.15) is 0 Å². The molecule has 0 aromatic heterocycles. The quantitative estimate of drug-likeness (QED) is 0.593. The van der Waals surface area contributed by atoms with Crippen LogP contribution in [0.5, 0.6) is 0 Å². The number of nitrogens with zero attached hydrogens (tertiary/aromatic N) is 2. The summed E-state index contributed by atoms with van der Waals surface area (Å²) in [6.07, 6.45) is 0. The van der Waals surface area contributed by atoms with E-state index in [-0.39, 0.29) is 36.0 Å². The van der Waals surface area contributed by atoms with Crippen LogP contribution in [-0.4, -0.2) is 37.9 Å². The molecule has 0 spiro atoms. The molecular formula is C10H11FN2O4S. The number of sulfone groups is 1. The standard InChI is InChI=1S/C10H11FN2O4S/c11-9-2-1-8(13(14)15)7-10(9)12-3-5-18(16,17)6-4-12/h1-2,7H,3-6H2. The maximum Gasteiger partial charge on any atom is 0.271 e. The van der Waals surface area contributed by atoms with E-state index < -0.39 is 20.6 Å². The topological polar surface area (TPSA) is 80.5 Å². The van der Waals surface area contributed by atoms with E-state index >= 15 is 0 Å². The van der Waals surface area contributed by atoms with Crippen molar-refractivity contribution in [2.24, 2.45) is 0 Å². The largest absolute Gasteiger partial charge is 0.367 e. The summed E-state index contributed by atoms with van der Waals surface area (Å²) in [6, 6.07) is 3.24. The van der Waals surface area contributed by atoms with Crippen LogP contribution in [0.2, 0.25) is 0 Å². The molecule has 0 N–H and O–H groups in total. The van der Waals surface area contributed by atoms with E-state index in [1.54, 1.807) is 0 Å². The van der Waals surface area contributed by atoms with E-state index in [9.17, 15) is 22.9 Å². The van der Waals surface area contributed by atoms with Gasteiger partial charge in [0.2, 0.25) is 0 Å². The minimum Gasteiger partial charge on any atom is -0.367 e. The first kappa shape index (κ1) is 12.7. The van der Waals surface area contributed by atoms with Crippen LogP contribution in [0, 0.1) is 15.9 Å².